The molecule has 0 unspecified atom stereocenters. The summed E-state index contributed by atoms with van der Waals surface area (Å²) in [6.45, 7) is 4.37. The average molecular weight is 228 g/mol. The second-order valence-corrected chi connectivity index (χ2v) is 5.20. The maximum Gasteiger partial charge on any atom is 0.162 e. The molecule has 0 aromatic rings. The molecule has 0 saturated carbocycles. The zero-order valence-electron chi connectivity index (χ0n) is 9.57. The molecular formula is C12H20O2S. The van der Waals surface area contributed by atoms with Gasteiger partial charge in [-0.25, -0.2) is 0 Å². The molecule has 86 valence electrons. The van der Waals surface area contributed by atoms with E-state index in [0.717, 1.165) is 5.75 Å². The van der Waals surface area contributed by atoms with Gasteiger partial charge in [0.05, 0.1) is 6.26 Å². The van der Waals surface area contributed by atoms with Crippen LogP contribution in [0.4, 0.5) is 0 Å². The second kappa shape index (κ2) is 6.94. The molecule has 0 aliphatic carbocycles. The van der Waals surface area contributed by atoms with Gasteiger partial charge in [-0.2, -0.15) is 11.8 Å². The van der Waals surface area contributed by atoms with Gasteiger partial charge in [-0.3, -0.25) is 4.79 Å². The van der Waals surface area contributed by atoms with Crippen LogP contribution in [0.25, 0.3) is 0 Å². The van der Waals surface area contributed by atoms with Gasteiger partial charge in [0, 0.05) is 18.4 Å². The van der Waals surface area contributed by atoms with Gasteiger partial charge in [0.2, 0.25) is 0 Å². The van der Waals surface area contributed by atoms with Crippen LogP contribution in [0.15, 0.2) is 12.3 Å². The van der Waals surface area contributed by atoms with Crippen molar-refractivity contribution in [3.63, 3.8) is 0 Å². The molecule has 0 amide bonds. The molecule has 15 heavy (non-hydrogen) atoms. The maximum atomic E-state index is 11.2. The number of unbranched alkanes of at least 4 members (excludes halogenated alkanes) is 1. The Morgan fingerprint density at radius 3 is 3.13 bits per heavy atom. The van der Waals surface area contributed by atoms with E-state index in [1.165, 1.54) is 24.7 Å². The number of rotatable bonds is 6. The van der Waals surface area contributed by atoms with E-state index in [0.29, 0.717) is 12.3 Å². The van der Waals surface area contributed by atoms with Gasteiger partial charge in [-0.1, -0.05) is 20.3 Å². The lowest BCUT2D eigenvalue weighted by molar-refractivity contribution is -0.118. The normalized spacial score (nSPS) is 22.5. The van der Waals surface area contributed by atoms with Gasteiger partial charge < -0.3 is 4.74 Å². The molecule has 0 spiro atoms. The molecular weight excluding hydrogens is 208 g/mol. The summed E-state index contributed by atoms with van der Waals surface area (Å²) in [7, 11) is 0. The molecule has 1 rings (SSSR count). The van der Waals surface area contributed by atoms with E-state index >= 15 is 0 Å². The molecule has 1 aliphatic rings. The van der Waals surface area contributed by atoms with Gasteiger partial charge in [-0.05, 0) is 17.9 Å². The van der Waals surface area contributed by atoms with Gasteiger partial charge >= 0.3 is 0 Å². The molecule has 1 aliphatic heterocycles. The van der Waals surface area contributed by atoms with Crippen LogP contribution >= 0.6 is 11.8 Å². The third-order valence-corrected chi connectivity index (χ3v) is 3.91. The van der Waals surface area contributed by atoms with Crippen LogP contribution in [0.3, 0.4) is 0 Å². The molecule has 0 fully saturated rings. The maximum absolute atomic E-state index is 11.2. The molecule has 0 bridgehead atoms. The Labute approximate surface area is 96.5 Å². The fourth-order valence-electron chi connectivity index (χ4n) is 1.49. The molecule has 3 heteroatoms. The first-order valence-electron chi connectivity index (χ1n) is 5.66. The number of ether oxygens (including phenoxy) is 1. The molecule has 0 N–H and O–H groups in total. The monoisotopic (exact) mass is 228 g/mol. The Hall–Kier alpha value is -0.440. The van der Waals surface area contributed by atoms with Crippen molar-refractivity contribution < 1.29 is 9.53 Å². The first-order chi connectivity index (χ1) is 7.24. The van der Waals surface area contributed by atoms with Crippen molar-refractivity contribution in [3.8, 4) is 0 Å². The molecule has 0 aromatic heterocycles. The number of thioether (sulfide) groups is 1. The Bertz CT molecular complexity index is 226. The van der Waals surface area contributed by atoms with Crippen molar-refractivity contribution in [2.24, 2.45) is 5.92 Å². The smallest absolute Gasteiger partial charge is 0.162 e. The number of hydrogen-bond donors (Lipinski definition) is 0. The topological polar surface area (TPSA) is 26.3 Å². The molecule has 0 radical (unpaired) electrons. The summed E-state index contributed by atoms with van der Waals surface area (Å²) >= 11 is 1.97. The predicted octanol–water partition coefficient (Wildman–Crippen LogP) is 3.03. The number of carbonyl (C=O) groups excluding carboxylic acids is 1. The Morgan fingerprint density at radius 1 is 1.67 bits per heavy atom. The van der Waals surface area contributed by atoms with E-state index < -0.39 is 0 Å². The first kappa shape index (κ1) is 12.6. The minimum Gasteiger partial charge on any atom is -0.497 e. The van der Waals surface area contributed by atoms with Gasteiger partial charge in [0.15, 0.2) is 5.78 Å². The number of carbonyl (C=O) groups is 1. The third-order valence-electron chi connectivity index (χ3n) is 2.57. The highest BCUT2D eigenvalue weighted by atomic mass is 32.2. The summed E-state index contributed by atoms with van der Waals surface area (Å²) in [6, 6.07) is 0. The summed E-state index contributed by atoms with van der Waals surface area (Å²) in [5, 5.41) is 0. The van der Waals surface area contributed by atoms with Crippen LogP contribution in [0.1, 0.15) is 33.1 Å². The van der Waals surface area contributed by atoms with Crippen molar-refractivity contribution in [1.82, 2.24) is 0 Å². The van der Waals surface area contributed by atoms with Crippen molar-refractivity contribution >= 4 is 17.5 Å². The van der Waals surface area contributed by atoms with Crippen LogP contribution < -0.4 is 0 Å². The molecule has 1 heterocycles. The van der Waals surface area contributed by atoms with Crippen LogP contribution in [0.2, 0.25) is 0 Å². The largest absolute Gasteiger partial charge is 0.497 e. The van der Waals surface area contributed by atoms with E-state index in [4.69, 9.17) is 4.74 Å². The minimum atomic E-state index is 0.0941. The minimum absolute atomic E-state index is 0.0941. The van der Waals surface area contributed by atoms with Gasteiger partial charge in [0.25, 0.3) is 0 Å². The Balaban J connectivity index is 2.19. The predicted molar refractivity (Wildman–Crippen MR) is 65.0 cm³/mol. The third kappa shape index (κ3) is 4.74. The summed E-state index contributed by atoms with van der Waals surface area (Å²) in [5.74, 6) is 2.96. The van der Waals surface area contributed by atoms with Crippen molar-refractivity contribution in [2.45, 2.75) is 39.2 Å². The number of ketones is 1. The van der Waals surface area contributed by atoms with Crippen molar-refractivity contribution in [2.75, 3.05) is 11.5 Å². The standard InChI is InChI=1S/C12H20O2S/c1-3-4-7-15-9-10(2)12-8-11(13)5-6-14-12/h5-6,10,12H,3-4,7-9H2,1-2H3/t10-,12+/m0/s1. The SMILES string of the molecule is CCCCSC[C@H](C)[C@H]1CC(=O)C=CO1. The van der Waals surface area contributed by atoms with Crippen LogP contribution in [-0.4, -0.2) is 23.4 Å². The number of allylic oxidation sites excluding steroid dienone is 1. The van der Waals surface area contributed by atoms with Crippen molar-refractivity contribution in [3.05, 3.63) is 12.3 Å². The van der Waals surface area contributed by atoms with Gasteiger partial charge in [-0.15, -0.1) is 0 Å². The zero-order valence-corrected chi connectivity index (χ0v) is 10.4. The summed E-state index contributed by atoms with van der Waals surface area (Å²) < 4.78 is 5.45. The summed E-state index contributed by atoms with van der Waals surface area (Å²) in [5.41, 5.74) is 0. The lowest BCUT2D eigenvalue weighted by atomic mass is 10.0. The van der Waals surface area contributed by atoms with Gasteiger partial charge in [0.1, 0.15) is 6.10 Å². The lowest BCUT2D eigenvalue weighted by Crippen LogP contribution is -2.27. The van der Waals surface area contributed by atoms with Crippen LogP contribution in [0.5, 0.6) is 0 Å². The van der Waals surface area contributed by atoms with E-state index in [1.807, 2.05) is 11.8 Å². The van der Waals surface area contributed by atoms with E-state index in [2.05, 4.69) is 13.8 Å². The first-order valence-corrected chi connectivity index (χ1v) is 6.82. The van der Waals surface area contributed by atoms with E-state index in [-0.39, 0.29) is 11.9 Å². The van der Waals surface area contributed by atoms with Crippen molar-refractivity contribution in [1.29, 1.82) is 0 Å². The van der Waals surface area contributed by atoms with Crippen LogP contribution in [-0.2, 0) is 9.53 Å². The summed E-state index contributed by atoms with van der Waals surface area (Å²) in [6.07, 6.45) is 6.24. The highest BCUT2D eigenvalue weighted by Crippen LogP contribution is 2.21. The second-order valence-electron chi connectivity index (χ2n) is 4.05. The highest BCUT2D eigenvalue weighted by molar-refractivity contribution is 7.99. The van der Waals surface area contributed by atoms with E-state index in [1.54, 1.807) is 6.26 Å². The van der Waals surface area contributed by atoms with Crippen LogP contribution in [0, 0.1) is 5.92 Å². The Morgan fingerprint density at radius 2 is 2.47 bits per heavy atom. The Kier molecular flexibility index (Phi) is 5.84. The van der Waals surface area contributed by atoms with E-state index in [9.17, 15) is 4.79 Å². The molecule has 2 nitrogen and oxygen atoms in total. The fraction of sp³-hybridized carbons (Fsp3) is 0.750. The molecule has 0 aromatic carbocycles. The molecule has 2 atom stereocenters. The highest BCUT2D eigenvalue weighted by Gasteiger charge is 2.22. The average Bonchev–Trinajstić information content (AvgIpc) is 2.24. The summed E-state index contributed by atoms with van der Waals surface area (Å²) in [4.78, 5) is 11.2. The lowest BCUT2D eigenvalue weighted by Gasteiger charge is -2.24. The molecule has 0 saturated heterocycles. The zero-order chi connectivity index (χ0) is 11.1. The quantitative estimate of drug-likeness (QED) is 0.654. The number of hydrogen-bond acceptors (Lipinski definition) is 3. The fourth-order valence-corrected chi connectivity index (χ4v) is 2.73.